The third-order valence-corrected chi connectivity index (χ3v) is 5.04. The maximum atomic E-state index is 11.4. The number of sulfonamides is 1. The summed E-state index contributed by atoms with van der Waals surface area (Å²) in [5.74, 6) is 0. The molecule has 1 aromatic rings. The number of piperidine rings is 1. The van der Waals surface area contributed by atoms with Crippen molar-refractivity contribution in [3.8, 4) is 0 Å². The van der Waals surface area contributed by atoms with E-state index < -0.39 is 10.0 Å². The molecule has 6 nitrogen and oxygen atoms in total. The highest BCUT2D eigenvalue weighted by Gasteiger charge is 2.24. The van der Waals surface area contributed by atoms with Crippen molar-refractivity contribution in [1.29, 1.82) is 0 Å². The minimum atomic E-state index is -3.03. The fourth-order valence-electron chi connectivity index (χ4n) is 2.56. The molecule has 1 N–H and O–H groups in total. The van der Waals surface area contributed by atoms with E-state index in [0.29, 0.717) is 19.1 Å². The molecule has 0 saturated carbocycles. The van der Waals surface area contributed by atoms with Crippen LogP contribution in [0.3, 0.4) is 0 Å². The zero-order valence-corrected chi connectivity index (χ0v) is 13.1. The van der Waals surface area contributed by atoms with Gasteiger partial charge in [0.1, 0.15) is 0 Å². The van der Waals surface area contributed by atoms with E-state index in [-0.39, 0.29) is 0 Å². The van der Waals surface area contributed by atoms with Crippen LogP contribution in [-0.4, -0.2) is 47.9 Å². The van der Waals surface area contributed by atoms with Crippen molar-refractivity contribution in [2.75, 3.05) is 19.3 Å². The SMILES string of the molecule is CCCn1nccc1CNC1CCN(S(C)(=O)=O)CC1. The van der Waals surface area contributed by atoms with Crippen molar-refractivity contribution in [2.45, 2.75) is 45.3 Å². The highest BCUT2D eigenvalue weighted by molar-refractivity contribution is 7.88. The Balaban J connectivity index is 1.80. The number of nitrogens with one attached hydrogen (secondary N) is 1. The van der Waals surface area contributed by atoms with E-state index in [1.807, 2.05) is 16.9 Å². The lowest BCUT2D eigenvalue weighted by Gasteiger charge is -2.30. The monoisotopic (exact) mass is 300 g/mol. The fourth-order valence-corrected chi connectivity index (χ4v) is 3.44. The Morgan fingerprint density at radius 3 is 2.70 bits per heavy atom. The summed E-state index contributed by atoms with van der Waals surface area (Å²) in [5, 5.41) is 7.82. The Bertz CT molecular complexity index is 518. The number of hydrogen-bond acceptors (Lipinski definition) is 4. The lowest BCUT2D eigenvalue weighted by molar-refractivity contribution is 0.288. The van der Waals surface area contributed by atoms with Gasteiger partial charge in [-0.3, -0.25) is 4.68 Å². The van der Waals surface area contributed by atoms with Gasteiger partial charge in [0.05, 0.1) is 11.9 Å². The van der Waals surface area contributed by atoms with Gasteiger partial charge >= 0.3 is 0 Å². The van der Waals surface area contributed by atoms with Crippen LogP contribution >= 0.6 is 0 Å². The molecule has 0 aliphatic carbocycles. The molecular weight excluding hydrogens is 276 g/mol. The van der Waals surface area contributed by atoms with Gasteiger partial charge in [0, 0.05) is 38.4 Å². The van der Waals surface area contributed by atoms with Gasteiger partial charge in [-0.15, -0.1) is 0 Å². The van der Waals surface area contributed by atoms with Gasteiger partial charge in [0.2, 0.25) is 10.0 Å². The van der Waals surface area contributed by atoms with Crippen molar-refractivity contribution >= 4 is 10.0 Å². The van der Waals surface area contributed by atoms with Crippen LogP contribution in [0.15, 0.2) is 12.3 Å². The second-order valence-corrected chi connectivity index (χ2v) is 7.35. The molecule has 20 heavy (non-hydrogen) atoms. The molecule has 1 fully saturated rings. The Morgan fingerprint density at radius 2 is 2.10 bits per heavy atom. The summed E-state index contributed by atoms with van der Waals surface area (Å²) in [6, 6.07) is 2.42. The number of aryl methyl sites for hydroxylation is 1. The molecule has 0 radical (unpaired) electrons. The Labute approximate surface area is 121 Å². The van der Waals surface area contributed by atoms with Gasteiger partial charge in [0.25, 0.3) is 0 Å². The van der Waals surface area contributed by atoms with E-state index in [0.717, 1.165) is 32.4 Å². The molecule has 0 amide bonds. The lowest BCUT2D eigenvalue weighted by Crippen LogP contribution is -2.44. The molecule has 2 heterocycles. The van der Waals surface area contributed by atoms with Crippen molar-refractivity contribution < 1.29 is 8.42 Å². The molecule has 0 unspecified atom stereocenters. The maximum absolute atomic E-state index is 11.4. The quantitative estimate of drug-likeness (QED) is 0.844. The first-order valence-electron chi connectivity index (χ1n) is 7.20. The smallest absolute Gasteiger partial charge is 0.211 e. The maximum Gasteiger partial charge on any atom is 0.211 e. The summed E-state index contributed by atoms with van der Waals surface area (Å²) in [7, 11) is -3.03. The van der Waals surface area contributed by atoms with E-state index in [2.05, 4.69) is 17.3 Å². The fraction of sp³-hybridized carbons (Fsp3) is 0.769. The van der Waals surface area contributed by atoms with Gasteiger partial charge in [-0.05, 0) is 25.3 Å². The number of nitrogens with zero attached hydrogens (tertiary/aromatic N) is 3. The van der Waals surface area contributed by atoms with Crippen molar-refractivity contribution in [3.05, 3.63) is 18.0 Å². The average Bonchev–Trinajstić information content (AvgIpc) is 2.84. The largest absolute Gasteiger partial charge is 0.308 e. The lowest BCUT2D eigenvalue weighted by atomic mass is 10.1. The van der Waals surface area contributed by atoms with Crippen LogP contribution in [0.5, 0.6) is 0 Å². The summed E-state index contributed by atoms with van der Waals surface area (Å²) in [4.78, 5) is 0. The minimum Gasteiger partial charge on any atom is -0.308 e. The zero-order valence-electron chi connectivity index (χ0n) is 12.2. The summed E-state index contributed by atoms with van der Waals surface area (Å²) in [6.07, 6.45) is 5.92. The summed E-state index contributed by atoms with van der Waals surface area (Å²) >= 11 is 0. The van der Waals surface area contributed by atoms with Crippen LogP contribution in [0.1, 0.15) is 31.9 Å². The second-order valence-electron chi connectivity index (χ2n) is 5.36. The van der Waals surface area contributed by atoms with Crippen LogP contribution in [0.25, 0.3) is 0 Å². The van der Waals surface area contributed by atoms with Crippen LogP contribution < -0.4 is 5.32 Å². The van der Waals surface area contributed by atoms with Crippen LogP contribution in [0.4, 0.5) is 0 Å². The topological polar surface area (TPSA) is 67.2 Å². The summed E-state index contributed by atoms with van der Waals surface area (Å²) < 4.78 is 26.5. The first kappa shape index (κ1) is 15.5. The van der Waals surface area contributed by atoms with Crippen LogP contribution in [0, 0.1) is 0 Å². The molecule has 2 rings (SSSR count). The van der Waals surface area contributed by atoms with Gasteiger partial charge in [-0.2, -0.15) is 5.10 Å². The van der Waals surface area contributed by atoms with E-state index in [1.165, 1.54) is 11.9 Å². The Kier molecular flexibility index (Phi) is 5.17. The van der Waals surface area contributed by atoms with E-state index in [1.54, 1.807) is 4.31 Å². The molecule has 1 aliphatic heterocycles. The predicted molar refractivity (Wildman–Crippen MR) is 78.8 cm³/mol. The molecule has 1 aromatic heterocycles. The average molecular weight is 300 g/mol. The van der Waals surface area contributed by atoms with Crippen molar-refractivity contribution in [3.63, 3.8) is 0 Å². The summed E-state index contributed by atoms with van der Waals surface area (Å²) in [6.45, 7) is 5.11. The highest BCUT2D eigenvalue weighted by atomic mass is 32.2. The van der Waals surface area contributed by atoms with Crippen LogP contribution in [0.2, 0.25) is 0 Å². The van der Waals surface area contributed by atoms with Crippen molar-refractivity contribution in [2.24, 2.45) is 0 Å². The molecule has 1 aliphatic rings. The van der Waals surface area contributed by atoms with Gasteiger partial charge in [-0.1, -0.05) is 6.92 Å². The molecule has 0 spiro atoms. The van der Waals surface area contributed by atoms with E-state index >= 15 is 0 Å². The van der Waals surface area contributed by atoms with Gasteiger partial charge in [0.15, 0.2) is 0 Å². The Hall–Kier alpha value is -0.920. The van der Waals surface area contributed by atoms with E-state index in [9.17, 15) is 8.42 Å². The first-order valence-corrected chi connectivity index (χ1v) is 9.04. The number of aromatic nitrogens is 2. The molecule has 0 atom stereocenters. The Morgan fingerprint density at radius 1 is 1.40 bits per heavy atom. The molecule has 114 valence electrons. The van der Waals surface area contributed by atoms with Crippen molar-refractivity contribution in [1.82, 2.24) is 19.4 Å². The molecule has 7 heteroatoms. The molecule has 0 bridgehead atoms. The third-order valence-electron chi connectivity index (χ3n) is 3.73. The van der Waals surface area contributed by atoms with Crippen LogP contribution in [-0.2, 0) is 23.1 Å². The second kappa shape index (κ2) is 6.69. The highest BCUT2D eigenvalue weighted by Crippen LogP contribution is 2.13. The van der Waals surface area contributed by atoms with Gasteiger partial charge < -0.3 is 5.32 Å². The predicted octanol–water partition coefficient (Wildman–Crippen LogP) is 0.807. The molecule has 1 saturated heterocycles. The molecule has 0 aromatic carbocycles. The summed E-state index contributed by atoms with van der Waals surface area (Å²) in [5.41, 5.74) is 1.19. The van der Waals surface area contributed by atoms with E-state index in [4.69, 9.17) is 0 Å². The third kappa shape index (κ3) is 4.04. The normalized spacial score (nSPS) is 18.5. The molecular formula is C13H24N4O2S. The number of hydrogen-bond donors (Lipinski definition) is 1. The first-order chi connectivity index (χ1) is 9.50. The zero-order chi connectivity index (χ0) is 14.6. The minimum absolute atomic E-state index is 0.387. The standard InChI is InChI=1S/C13H24N4O2S/c1-3-8-17-13(4-7-15-17)11-14-12-5-9-16(10-6-12)20(2,18)19/h4,7,12,14H,3,5-6,8-11H2,1-2H3. The van der Waals surface area contributed by atoms with Gasteiger partial charge in [-0.25, -0.2) is 12.7 Å². The number of rotatable bonds is 6.